The average Bonchev–Trinajstić information content (AvgIpc) is 2.48. The van der Waals surface area contributed by atoms with Gasteiger partial charge in [-0.05, 0) is 12.1 Å². The van der Waals surface area contributed by atoms with E-state index in [1.54, 1.807) is 0 Å². The molecule has 0 saturated carbocycles. The Morgan fingerprint density at radius 2 is 1.18 bits per heavy atom. The molecule has 0 aliphatic rings. The monoisotopic (exact) mass is 342 g/mol. The van der Waals surface area contributed by atoms with Gasteiger partial charge in [-0.25, -0.2) is 17.6 Å². The largest absolute Gasteiger partial charge is 0.372 e. The quantitative estimate of drug-likeness (QED) is 0.372. The van der Waals surface area contributed by atoms with Crippen LogP contribution >= 0.6 is 0 Å². The van der Waals surface area contributed by atoms with Gasteiger partial charge in [0.05, 0.1) is 0 Å². The molecule has 2 aromatic rings. The first-order chi connectivity index (χ1) is 10.2. The SMILES string of the molecule is O=S(=O)(Oc1c(F)c(F)c(F)c(F)c1F)c1ccccc1F. The molecule has 2 aromatic carbocycles. The highest BCUT2D eigenvalue weighted by atomic mass is 32.2. The predicted octanol–water partition coefficient (Wildman–Crippen LogP) is 3.29. The fourth-order valence-corrected chi connectivity index (χ4v) is 2.47. The van der Waals surface area contributed by atoms with Crippen molar-refractivity contribution in [2.75, 3.05) is 0 Å². The minimum atomic E-state index is -5.15. The van der Waals surface area contributed by atoms with E-state index in [4.69, 9.17) is 0 Å². The molecule has 118 valence electrons. The van der Waals surface area contributed by atoms with E-state index in [1.165, 1.54) is 0 Å². The average molecular weight is 342 g/mol. The summed E-state index contributed by atoms with van der Waals surface area (Å²) in [6.07, 6.45) is 0. The zero-order valence-corrected chi connectivity index (χ0v) is 11.0. The van der Waals surface area contributed by atoms with Gasteiger partial charge in [-0.1, -0.05) is 12.1 Å². The maximum Gasteiger partial charge on any atom is 0.342 e. The molecule has 22 heavy (non-hydrogen) atoms. The fraction of sp³-hybridized carbons (Fsp3) is 0. The van der Waals surface area contributed by atoms with E-state index in [-0.39, 0.29) is 0 Å². The van der Waals surface area contributed by atoms with Crippen LogP contribution in [0.5, 0.6) is 5.75 Å². The van der Waals surface area contributed by atoms with Crippen LogP contribution in [0.2, 0.25) is 0 Å². The molecule has 0 fully saturated rings. The number of halogens is 6. The fourth-order valence-electron chi connectivity index (χ4n) is 1.46. The summed E-state index contributed by atoms with van der Waals surface area (Å²) in [5, 5.41) is 0. The van der Waals surface area contributed by atoms with Gasteiger partial charge < -0.3 is 4.18 Å². The van der Waals surface area contributed by atoms with Gasteiger partial charge in [0, 0.05) is 0 Å². The Kier molecular flexibility index (Phi) is 4.05. The Morgan fingerprint density at radius 1 is 0.727 bits per heavy atom. The highest BCUT2D eigenvalue weighted by Crippen LogP contribution is 2.31. The molecule has 10 heteroatoms. The normalized spacial score (nSPS) is 11.5. The van der Waals surface area contributed by atoms with Crippen LogP contribution < -0.4 is 4.18 Å². The van der Waals surface area contributed by atoms with E-state index in [1.807, 2.05) is 0 Å². The molecule has 0 aromatic heterocycles. The van der Waals surface area contributed by atoms with Crippen LogP contribution in [0.4, 0.5) is 26.3 Å². The van der Waals surface area contributed by atoms with E-state index in [0.717, 1.165) is 12.1 Å². The van der Waals surface area contributed by atoms with Crippen LogP contribution in [0.3, 0.4) is 0 Å². The first kappa shape index (κ1) is 16.1. The molecule has 0 amide bonds. The second kappa shape index (κ2) is 5.52. The molecule has 2 rings (SSSR count). The summed E-state index contributed by atoms with van der Waals surface area (Å²) in [6, 6.07) is 3.58. The second-order valence-corrected chi connectivity index (χ2v) is 5.38. The molecule has 0 aliphatic carbocycles. The summed E-state index contributed by atoms with van der Waals surface area (Å²) in [7, 11) is -5.15. The molecule has 0 saturated heterocycles. The lowest BCUT2D eigenvalue weighted by Crippen LogP contribution is -2.15. The lowest BCUT2D eigenvalue weighted by atomic mass is 10.3. The van der Waals surface area contributed by atoms with Crippen LogP contribution in [-0.4, -0.2) is 8.42 Å². The van der Waals surface area contributed by atoms with Crippen LogP contribution in [0.25, 0.3) is 0 Å². The van der Waals surface area contributed by atoms with Gasteiger partial charge in [0.25, 0.3) is 0 Å². The molecule has 3 nitrogen and oxygen atoms in total. The second-order valence-electron chi connectivity index (χ2n) is 3.87. The molecule has 0 spiro atoms. The van der Waals surface area contributed by atoms with Crippen LogP contribution in [0.15, 0.2) is 29.2 Å². The van der Waals surface area contributed by atoms with E-state index >= 15 is 0 Å². The van der Waals surface area contributed by atoms with Crippen LogP contribution in [-0.2, 0) is 10.1 Å². The third-order valence-corrected chi connectivity index (χ3v) is 3.72. The third-order valence-electron chi connectivity index (χ3n) is 2.47. The maximum atomic E-state index is 13.4. The highest BCUT2D eigenvalue weighted by molar-refractivity contribution is 7.87. The zero-order valence-electron chi connectivity index (χ0n) is 10.2. The first-order valence-electron chi connectivity index (χ1n) is 5.37. The molecule has 0 atom stereocenters. The summed E-state index contributed by atoms with van der Waals surface area (Å²) in [5.41, 5.74) is 0. The van der Waals surface area contributed by atoms with E-state index < -0.39 is 55.7 Å². The summed E-state index contributed by atoms with van der Waals surface area (Å²) < 4.78 is 106. The minimum Gasteiger partial charge on any atom is -0.372 e. The van der Waals surface area contributed by atoms with Gasteiger partial charge in [-0.2, -0.15) is 17.2 Å². The summed E-state index contributed by atoms with van der Waals surface area (Å²) in [5.74, 6) is -15.6. The topological polar surface area (TPSA) is 43.4 Å². The van der Waals surface area contributed by atoms with Crippen molar-refractivity contribution in [3.05, 3.63) is 59.2 Å². The van der Waals surface area contributed by atoms with Crippen molar-refractivity contribution in [1.29, 1.82) is 0 Å². The molecule has 0 radical (unpaired) electrons. The van der Waals surface area contributed by atoms with Gasteiger partial charge in [0.1, 0.15) is 10.7 Å². The standard InChI is InChI=1S/C12H4F6O3S/c13-5-3-1-2-4-6(5)22(19,20)21-12-10(17)8(15)7(14)9(16)11(12)18/h1-4H. The Bertz CT molecular complexity index is 821. The molecule has 0 unspecified atom stereocenters. The summed E-state index contributed by atoms with van der Waals surface area (Å²) in [4.78, 5) is -1.13. The minimum absolute atomic E-state index is 0.691. The first-order valence-corrected chi connectivity index (χ1v) is 6.78. The Hall–Kier alpha value is -2.23. The van der Waals surface area contributed by atoms with Gasteiger partial charge in [-0.3, -0.25) is 0 Å². The molecule has 0 bridgehead atoms. The van der Waals surface area contributed by atoms with Gasteiger partial charge in [0.15, 0.2) is 0 Å². The van der Waals surface area contributed by atoms with Crippen LogP contribution in [0, 0.1) is 34.9 Å². The van der Waals surface area contributed by atoms with Gasteiger partial charge in [-0.15, -0.1) is 0 Å². The Labute approximate surface area is 119 Å². The number of hydrogen-bond acceptors (Lipinski definition) is 3. The summed E-state index contributed by atoms with van der Waals surface area (Å²) >= 11 is 0. The van der Waals surface area contributed by atoms with Crippen molar-refractivity contribution in [2.24, 2.45) is 0 Å². The van der Waals surface area contributed by atoms with Crippen molar-refractivity contribution < 1.29 is 38.9 Å². The van der Waals surface area contributed by atoms with E-state index in [2.05, 4.69) is 4.18 Å². The Morgan fingerprint density at radius 3 is 1.68 bits per heavy atom. The predicted molar refractivity (Wildman–Crippen MR) is 60.4 cm³/mol. The smallest absolute Gasteiger partial charge is 0.342 e. The number of rotatable bonds is 3. The summed E-state index contributed by atoms with van der Waals surface area (Å²) in [6.45, 7) is 0. The molecule has 0 heterocycles. The van der Waals surface area contributed by atoms with Crippen LogP contribution in [0.1, 0.15) is 0 Å². The molecule has 0 N–H and O–H groups in total. The number of benzene rings is 2. The number of hydrogen-bond donors (Lipinski definition) is 0. The maximum absolute atomic E-state index is 13.4. The van der Waals surface area contributed by atoms with Crippen molar-refractivity contribution in [2.45, 2.75) is 4.90 Å². The molecular formula is C12H4F6O3S. The van der Waals surface area contributed by atoms with E-state index in [9.17, 15) is 34.8 Å². The van der Waals surface area contributed by atoms with Crippen molar-refractivity contribution in [3.8, 4) is 5.75 Å². The lowest BCUT2D eigenvalue weighted by molar-refractivity contribution is 0.346. The van der Waals surface area contributed by atoms with E-state index in [0.29, 0.717) is 12.1 Å². The van der Waals surface area contributed by atoms with Crippen molar-refractivity contribution >= 4 is 10.1 Å². The van der Waals surface area contributed by atoms with Gasteiger partial charge in [0.2, 0.25) is 34.8 Å². The molecular weight excluding hydrogens is 338 g/mol. The zero-order chi connectivity index (χ0) is 16.7. The lowest BCUT2D eigenvalue weighted by Gasteiger charge is -2.10. The molecule has 0 aliphatic heterocycles. The Balaban J connectivity index is 2.59. The van der Waals surface area contributed by atoms with Gasteiger partial charge >= 0.3 is 10.1 Å². The highest BCUT2D eigenvalue weighted by Gasteiger charge is 2.31. The third kappa shape index (κ3) is 2.61. The van der Waals surface area contributed by atoms with Crippen molar-refractivity contribution in [1.82, 2.24) is 0 Å². The van der Waals surface area contributed by atoms with Crippen molar-refractivity contribution in [3.63, 3.8) is 0 Å².